The molecule has 0 N–H and O–H groups in total. The van der Waals surface area contributed by atoms with E-state index >= 15 is 0 Å². The second-order valence-electron chi connectivity index (χ2n) is 7.02. The second kappa shape index (κ2) is 10.6. The molecule has 0 aliphatic heterocycles. The van der Waals surface area contributed by atoms with E-state index in [0.717, 1.165) is 32.1 Å². The molecule has 0 saturated heterocycles. The van der Waals surface area contributed by atoms with Gasteiger partial charge in [0, 0.05) is 25.6 Å². The summed E-state index contributed by atoms with van der Waals surface area (Å²) in [5.74, 6) is 0.428. The van der Waals surface area contributed by atoms with Gasteiger partial charge in [-0.05, 0) is 38.2 Å². The standard InChI is InChI=1S/C20H28N2O5/c1-21(16-9-4-2-5-10-16)20(24)13-6-3-7-14-27-19-12-8-11-18(22(25)26)17(19)15-23/h8,11-12,15-16H,2-7,9-10,13-14H2,1H3. The van der Waals surface area contributed by atoms with Crippen molar-refractivity contribution in [3.05, 3.63) is 33.9 Å². The molecule has 0 atom stereocenters. The Labute approximate surface area is 159 Å². The Morgan fingerprint density at radius 2 is 2.00 bits per heavy atom. The van der Waals surface area contributed by atoms with Crippen LogP contribution in [0.15, 0.2) is 18.2 Å². The van der Waals surface area contributed by atoms with Crippen molar-refractivity contribution in [2.24, 2.45) is 0 Å². The average molecular weight is 376 g/mol. The van der Waals surface area contributed by atoms with Gasteiger partial charge in [0.05, 0.1) is 11.5 Å². The van der Waals surface area contributed by atoms with Crippen molar-refractivity contribution in [3.8, 4) is 5.75 Å². The fourth-order valence-corrected chi connectivity index (χ4v) is 3.52. The van der Waals surface area contributed by atoms with Crippen LogP contribution in [0.3, 0.4) is 0 Å². The molecule has 0 unspecified atom stereocenters. The highest BCUT2D eigenvalue weighted by Gasteiger charge is 2.21. The molecule has 27 heavy (non-hydrogen) atoms. The van der Waals surface area contributed by atoms with Gasteiger partial charge >= 0.3 is 0 Å². The summed E-state index contributed by atoms with van der Waals surface area (Å²) in [4.78, 5) is 35.7. The Bertz CT molecular complexity index is 656. The van der Waals surface area contributed by atoms with Crippen LogP contribution in [0.4, 0.5) is 5.69 Å². The van der Waals surface area contributed by atoms with Crippen molar-refractivity contribution in [1.82, 2.24) is 4.90 Å². The smallest absolute Gasteiger partial charge is 0.283 e. The predicted octanol–water partition coefficient (Wildman–Crippen LogP) is 4.14. The third kappa shape index (κ3) is 6.05. The minimum atomic E-state index is -0.592. The molecule has 1 aromatic carbocycles. The van der Waals surface area contributed by atoms with Gasteiger partial charge < -0.3 is 9.64 Å². The first-order chi connectivity index (χ1) is 13.0. The van der Waals surface area contributed by atoms with Crippen LogP contribution in [0, 0.1) is 10.1 Å². The molecule has 0 bridgehead atoms. The second-order valence-corrected chi connectivity index (χ2v) is 7.02. The molecule has 7 heteroatoms. The highest BCUT2D eigenvalue weighted by Crippen LogP contribution is 2.26. The van der Waals surface area contributed by atoms with Crippen LogP contribution in [0.2, 0.25) is 0 Å². The third-order valence-corrected chi connectivity index (χ3v) is 5.17. The molecule has 0 spiro atoms. The number of carbonyl (C=O) groups is 2. The number of ether oxygens (including phenoxy) is 1. The first-order valence-corrected chi connectivity index (χ1v) is 9.65. The maximum absolute atomic E-state index is 12.3. The highest BCUT2D eigenvalue weighted by atomic mass is 16.6. The molecule has 1 amide bonds. The van der Waals surface area contributed by atoms with Crippen molar-refractivity contribution in [3.63, 3.8) is 0 Å². The van der Waals surface area contributed by atoms with Gasteiger partial charge in [-0.15, -0.1) is 0 Å². The zero-order valence-corrected chi connectivity index (χ0v) is 15.9. The monoisotopic (exact) mass is 376 g/mol. The lowest BCUT2D eigenvalue weighted by atomic mass is 9.94. The zero-order valence-electron chi connectivity index (χ0n) is 15.9. The Morgan fingerprint density at radius 3 is 2.67 bits per heavy atom. The van der Waals surface area contributed by atoms with Crippen molar-refractivity contribution in [2.75, 3.05) is 13.7 Å². The summed E-state index contributed by atoms with van der Waals surface area (Å²) >= 11 is 0. The van der Waals surface area contributed by atoms with Gasteiger partial charge in [-0.1, -0.05) is 25.3 Å². The average Bonchev–Trinajstić information content (AvgIpc) is 2.70. The summed E-state index contributed by atoms with van der Waals surface area (Å²) in [5, 5.41) is 10.9. The molecule has 1 fully saturated rings. The molecule has 0 heterocycles. The van der Waals surface area contributed by atoms with Crippen molar-refractivity contribution < 1.29 is 19.2 Å². The number of hydrogen-bond acceptors (Lipinski definition) is 5. The molecule has 0 radical (unpaired) electrons. The van der Waals surface area contributed by atoms with Crippen LogP contribution in [-0.2, 0) is 4.79 Å². The summed E-state index contributed by atoms with van der Waals surface area (Å²) in [5.41, 5.74) is -0.286. The Hall–Kier alpha value is -2.44. The van der Waals surface area contributed by atoms with Crippen molar-refractivity contribution >= 4 is 17.9 Å². The van der Waals surface area contributed by atoms with Crippen LogP contribution >= 0.6 is 0 Å². The van der Waals surface area contributed by atoms with E-state index in [0.29, 0.717) is 25.4 Å². The highest BCUT2D eigenvalue weighted by molar-refractivity contribution is 5.85. The Morgan fingerprint density at radius 1 is 1.26 bits per heavy atom. The van der Waals surface area contributed by atoms with Gasteiger partial charge in [0.1, 0.15) is 11.3 Å². The number of nitro groups is 1. The van der Waals surface area contributed by atoms with E-state index < -0.39 is 4.92 Å². The van der Waals surface area contributed by atoms with E-state index in [9.17, 15) is 19.7 Å². The molecule has 148 valence electrons. The maximum atomic E-state index is 12.3. The molecule has 7 nitrogen and oxygen atoms in total. The van der Waals surface area contributed by atoms with Crippen LogP contribution in [0.5, 0.6) is 5.75 Å². The van der Waals surface area contributed by atoms with E-state index in [2.05, 4.69) is 0 Å². The van der Waals surface area contributed by atoms with E-state index in [1.807, 2.05) is 11.9 Å². The number of amides is 1. The summed E-state index contributed by atoms with van der Waals surface area (Å²) < 4.78 is 5.54. The van der Waals surface area contributed by atoms with Gasteiger partial charge in [-0.2, -0.15) is 0 Å². The summed E-state index contributed by atoms with van der Waals surface area (Å²) in [6, 6.07) is 4.73. The van der Waals surface area contributed by atoms with Crippen LogP contribution in [0.25, 0.3) is 0 Å². The van der Waals surface area contributed by atoms with E-state index in [-0.39, 0.29) is 22.9 Å². The minimum Gasteiger partial charge on any atom is -0.493 e. The van der Waals surface area contributed by atoms with E-state index in [1.54, 1.807) is 6.07 Å². The summed E-state index contributed by atoms with van der Waals surface area (Å²) in [6.45, 7) is 0.356. The number of rotatable bonds is 10. The number of nitrogens with zero attached hydrogens (tertiary/aromatic N) is 2. The first kappa shape index (κ1) is 20.9. The first-order valence-electron chi connectivity index (χ1n) is 9.65. The van der Waals surface area contributed by atoms with Gasteiger partial charge in [-0.25, -0.2) is 0 Å². The molecular formula is C20H28N2O5. The number of aldehydes is 1. The van der Waals surface area contributed by atoms with Crippen LogP contribution in [-0.4, -0.2) is 41.7 Å². The fourth-order valence-electron chi connectivity index (χ4n) is 3.52. The number of benzene rings is 1. The van der Waals surface area contributed by atoms with Gasteiger partial charge in [0.2, 0.25) is 5.91 Å². The number of unbranched alkanes of at least 4 members (excludes halogenated alkanes) is 2. The fraction of sp³-hybridized carbons (Fsp3) is 0.600. The van der Waals surface area contributed by atoms with Gasteiger partial charge in [0.25, 0.3) is 5.69 Å². The summed E-state index contributed by atoms with van der Waals surface area (Å²) in [7, 11) is 1.91. The molecule has 1 aliphatic carbocycles. The zero-order chi connectivity index (χ0) is 19.6. The number of carbonyl (C=O) groups excluding carboxylic acids is 2. The van der Waals surface area contributed by atoms with Crippen molar-refractivity contribution in [2.45, 2.75) is 63.8 Å². The topological polar surface area (TPSA) is 89.8 Å². The molecule has 1 aromatic rings. The Kier molecular flexibility index (Phi) is 8.23. The van der Waals surface area contributed by atoms with Crippen molar-refractivity contribution in [1.29, 1.82) is 0 Å². The lowest BCUT2D eigenvalue weighted by Crippen LogP contribution is -2.38. The maximum Gasteiger partial charge on any atom is 0.283 e. The number of hydrogen-bond donors (Lipinski definition) is 0. The minimum absolute atomic E-state index is 0.0354. The molecule has 0 aromatic heterocycles. The molecule has 1 saturated carbocycles. The lowest BCUT2D eigenvalue weighted by Gasteiger charge is -2.31. The predicted molar refractivity (Wildman–Crippen MR) is 102 cm³/mol. The van der Waals surface area contributed by atoms with Gasteiger partial charge in [-0.3, -0.25) is 19.7 Å². The third-order valence-electron chi connectivity index (χ3n) is 5.17. The largest absolute Gasteiger partial charge is 0.493 e. The molecule has 2 rings (SSSR count). The molecular weight excluding hydrogens is 348 g/mol. The van der Waals surface area contributed by atoms with Crippen LogP contribution in [0.1, 0.15) is 68.1 Å². The SMILES string of the molecule is CN(C(=O)CCCCCOc1cccc([N+](=O)[O-])c1C=O)C1CCCCC1. The summed E-state index contributed by atoms with van der Waals surface area (Å²) in [6.07, 6.45) is 9.23. The van der Waals surface area contributed by atoms with Gasteiger partial charge in [0.15, 0.2) is 6.29 Å². The molecule has 1 aliphatic rings. The lowest BCUT2D eigenvalue weighted by molar-refractivity contribution is -0.385. The van der Waals surface area contributed by atoms with E-state index in [1.165, 1.54) is 31.4 Å². The quantitative estimate of drug-likeness (QED) is 0.265. The van der Waals surface area contributed by atoms with E-state index in [4.69, 9.17) is 4.74 Å². The normalized spacial score (nSPS) is 14.6. The van der Waals surface area contributed by atoms with Crippen LogP contribution < -0.4 is 4.74 Å². The Balaban J connectivity index is 1.69. The number of nitro benzene ring substituents is 1.